The summed E-state index contributed by atoms with van der Waals surface area (Å²) in [5, 5.41) is 6.45. The molecule has 1 atom stereocenters. The van der Waals surface area contributed by atoms with Gasteiger partial charge in [0.15, 0.2) is 0 Å². The Kier molecular flexibility index (Phi) is 4.40. The summed E-state index contributed by atoms with van der Waals surface area (Å²) >= 11 is 0. The maximum Gasteiger partial charge on any atom is 0.227 e. The number of nitrogens with one attached hydrogen (secondary N) is 2. The topological polar surface area (TPSA) is 50.4 Å². The molecule has 2 saturated heterocycles. The van der Waals surface area contributed by atoms with Crippen LogP contribution in [0.25, 0.3) is 0 Å². The summed E-state index contributed by atoms with van der Waals surface area (Å²) in [5.74, 6) is 0.854. The van der Waals surface area contributed by atoms with Gasteiger partial charge in [0.25, 0.3) is 0 Å². The molecule has 0 spiro atoms. The molecule has 1 amide bonds. The molecule has 0 radical (unpaired) electrons. The van der Waals surface area contributed by atoms with Gasteiger partial charge < -0.3 is 15.4 Å². The normalized spacial score (nSPS) is 30.4. The molecule has 0 aromatic carbocycles. The fourth-order valence-corrected chi connectivity index (χ4v) is 2.77. The number of rotatable bonds is 4. The third-order valence-corrected chi connectivity index (χ3v) is 4.29. The molecule has 98 valence electrons. The molecule has 4 nitrogen and oxygen atoms in total. The van der Waals surface area contributed by atoms with Crippen LogP contribution in [-0.2, 0) is 9.53 Å². The molecule has 0 aromatic heterocycles. The Morgan fingerprint density at radius 2 is 2.24 bits per heavy atom. The van der Waals surface area contributed by atoms with Crippen LogP contribution in [-0.4, -0.2) is 38.8 Å². The van der Waals surface area contributed by atoms with Crippen LogP contribution in [0.2, 0.25) is 0 Å². The Morgan fingerprint density at radius 3 is 2.82 bits per heavy atom. The number of carbonyl (C=O) groups excluding carboxylic acids is 1. The molecule has 2 N–H and O–H groups in total. The van der Waals surface area contributed by atoms with E-state index in [0.29, 0.717) is 5.92 Å². The zero-order valence-electron chi connectivity index (χ0n) is 10.8. The molecule has 2 rings (SSSR count). The Balaban J connectivity index is 1.79. The molecule has 0 aliphatic carbocycles. The Labute approximate surface area is 103 Å². The van der Waals surface area contributed by atoms with Gasteiger partial charge in [-0.2, -0.15) is 0 Å². The number of carbonyl (C=O) groups is 1. The summed E-state index contributed by atoms with van der Waals surface area (Å²) in [7, 11) is 0. The zero-order chi connectivity index (χ0) is 12.1. The van der Waals surface area contributed by atoms with Gasteiger partial charge in [-0.15, -0.1) is 0 Å². The quantitative estimate of drug-likeness (QED) is 0.768. The van der Waals surface area contributed by atoms with E-state index in [1.807, 2.05) is 0 Å². The first-order valence-corrected chi connectivity index (χ1v) is 6.83. The van der Waals surface area contributed by atoms with Crippen molar-refractivity contribution in [1.29, 1.82) is 0 Å². The monoisotopic (exact) mass is 240 g/mol. The lowest BCUT2D eigenvalue weighted by atomic mass is 9.83. The first kappa shape index (κ1) is 12.8. The maximum absolute atomic E-state index is 12.3. The van der Waals surface area contributed by atoms with E-state index in [0.717, 1.165) is 58.5 Å². The van der Waals surface area contributed by atoms with Gasteiger partial charge in [0, 0.05) is 26.3 Å². The van der Waals surface area contributed by atoms with E-state index in [1.165, 1.54) is 0 Å². The molecule has 2 aliphatic rings. The number of hydrogen-bond donors (Lipinski definition) is 2. The Morgan fingerprint density at radius 1 is 1.47 bits per heavy atom. The third-order valence-electron chi connectivity index (χ3n) is 4.29. The van der Waals surface area contributed by atoms with Crippen LogP contribution in [0.5, 0.6) is 0 Å². The summed E-state index contributed by atoms with van der Waals surface area (Å²) in [5.41, 5.74) is -0.148. The van der Waals surface area contributed by atoms with Crippen molar-refractivity contribution >= 4 is 5.91 Å². The highest BCUT2D eigenvalue weighted by Gasteiger charge is 2.39. The van der Waals surface area contributed by atoms with Crippen LogP contribution in [0, 0.1) is 11.3 Å². The lowest BCUT2D eigenvalue weighted by Gasteiger charge is -2.28. The van der Waals surface area contributed by atoms with E-state index >= 15 is 0 Å². The molecule has 4 heteroatoms. The van der Waals surface area contributed by atoms with Gasteiger partial charge in [-0.3, -0.25) is 4.79 Å². The summed E-state index contributed by atoms with van der Waals surface area (Å²) < 4.78 is 5.32. The molecule has 2 aliphatic heterocycles. The van der Waals surface area contributed by atoms with E-state index in [2.05, 4.69) is 17.6 Å². The molecule has 0 bridgehead atoms. The highest BCUT2D eigenvalue weighted by Crippen LogP contribution is 2.29. The van der Waals surface area contributed by atoms with E-state index in [9.17, 15) is 4.79 Å². The predicted molar refractivity (Wildman–Crippen MR) is 66.8 cm³/mol. The molecule has 1 unspecified atom stereocenters. The minimum Gasteiger partial charge on any atom is -0.381 e. The summed E-state index contributed by atoms with van der Waals surface area (Å²) in [6.07, 6.45) is 4.07. The second-order valence-electron chi connectivity index (χ2n) is 5.33. The third kappa shape index (κ3) is 2.99. The number of hydrogen-bond acceptors (Lipinski definition) is 3. The van der Waals surface area contributed by atoms with Crippen molar-refractivity contribution in [1.82, 2.24) is 10.6 Å². The molecule has 0 aromatic rings. The van der Waals surface area contributed by atoms with Gasteiger partial charge in [-0.25, -0.2) is 0 Å². The van der Waals surface area contributed by atoms with E-state index < -0.39 is 0 Å². The highest BCUT2D eigenvalue weighted by molar-refractivity contribution is 5.83. The fourth-order valence-electron chi connectivity index (χ4n) is 2.77. The molecular formula is C13H24N2O2. The predicted octanol–water partition coefficient (Wildman–Crippen LogP) is 0.919. The van der Waals surface area contributed by atoms with Crippen molar-refractivity contribution in [2.45, 2.75) is 32.6 Å². The largest absolute Gasteiger partial charge is 0.381 e. The van der Waals surface area contributed by atoms with Crippen molar-refractivity contribution < 1.29 is 9.53 Å². The van der Waals surface area contributed by atoms with Crippen molar-refractivity contribution in [2.24, 2.45) is 11.3 Å². The van der Waals surface area contributed by atoms with Gasteiger partial charge in [-0.05, 0) is 38.1 Å². The minimum absolute atomic E-state index is 0.148. The standard InChI is InChI=1S/C13H24N2O2/c1-2-13(5-6-14-10-13)12(16)15-9-11-3-7-17-8-4-11/h11,14H,2-10H2,1H3,(H,15,16). The summed E-state index contributed by atoms with van der Waals surface area (Å²) in [4.78, 5) is 12.3. The lowest BCUT2D eigenvalue weighted by molar-refractivity contribution is -0.130. The smallest absolute Gasteiger partial charge is 0.227 e. The zero-order valence-corrected chi connectivity index (χ0v) is 10.8. The Hall–Kier alpha value is -0.610. The maximum atomic E-state index is 12.3. The van der Waals surface area contributed by atoms with Gasteiger partial charge in [-0.1, -0.05) is 6.92 Å². The van der Waals surface area contributed by atoms with Crippen LogP contribution in [0.1, 0.15) is 32.6 Å². The first-order valence-electron chi connectivity index (χ1n) is 6.83. The van der Waals surface area contributed by atoms with Crippen LogP contribution in [0.3, 0.4) is 0 Å². The minimum atomic E-state index is -0.148. The van der Waals surface area contributed by atoms with Crippen molar-refractivity contribution in [3.63, 3.8) is 0 Å². The lowest BCUT2D eigenvalue weighted by Crippen LogP contribution is -2.44. The molecule has 0 saturated carbocycles. The number of ether oxygens (including phenoxy) is 1. The van der Waals surface area contributed by atoms with Crippen LogP contribution in [0.15, 0.2) is 0 Å². The fraction of sp³-hybridized carbons (Fsp3) is 0.923. The van der Waals surface area contributed by atoms with Crippen LogP contribution < -0.4 is 10.6 Å². The van der Waals surface area contributed by atoms with Crippen molar-refractivity contribution in [2.75, 3.05) is 32.8 Å². The van der Waals surface area contributed by atoms with Crippen LogP contribution >= 0.6 is 0 Å². The van der Waals surface area contributed by atoms with Crippen molar-refractivity contribution in [3.8, 4) is 0 Å². The average Bonchev–Trinajstić information content (AvgIpc) is 2.87. The molecule has 2 heterocycles. The average molecular weight is 240 g/mol. The van der Waals surface area contributed by atoms with Crippen LogP contribution in [0.4, 0.5) is 0 Å². The Bertz CT molecular complexity index is 256. The van der Waals surface area contributed by atoms with Gasteiger partial charge >= 0.3 is 0 Å². The molecular weight excluding hydrogens is 216 g/mol. The van der Waals surface area contributed by atoms with E-state index in [1.54, 1.807) is 0 Å². The molecule has 17 heavy (non-hydrogen) atoms. The second kappa shape index (κ2) is 5.83. The number of amides is 1. The SMILES string of the molecule is CCC1(C(=O)NCC2CCOCC2)CCNC1. The summed E-state index contributed by atoms with van der Waals surface area (Å²) in [6, 6.07) is 0. The molecule has 2 fully saturated rings. The summed E-state index contributed by atoms with van der Waals surface area (Å²) in [6.45, 7) is 6.44. The second-order valence-corrected chi connectivity index (χ2v) is 5.33. The highest BCUT2D eigenvalue weighted by atomic mass is 16.5. The van der Waals surface area contributed by atoms with Crippen molar-refractivity contribution in [3.05, 3.63) is 0 Å². The van der Waals surface area contributed by atoms with Gasteiger partial charge in [0.1, 0.15) is 0 Å². The van der Waals surface area contributed by atoms with E-state index in [-0.39, 0.29) is 11.3 Å². The van der Waals surface area contributed by atoms with Gasteiger partial charge in [0.2, 0.25) is 5.91 Å². The first-order chi connectivity index (χ1) is 8.27. The van der Waals surface area contributed by atoms with E-state index in [4.69, 9.17) is 4.74 Å². The van der Waals surface area contributed by atoms with Gasteiger partial charge in [0.05, 0.1) is 5.41 Å².